The van der Waals surface area contributed by atoms with Crippen LogP contribution in [-0.2, 0) is 18.4 Å². The molecule has 0 spiro atoms. The molecule has 0 aliphatic heterocycles. The maximum atomic E-state index is 11.8. The first kappa shape index (κ1) is 11.1. The normalized spacial score (nSPS) is 32.6. The number of allylic oxidation sites excluding steroid dienone is 2. The predicted molar refractivity (Wildman–Crippen MR) is 55.9 cm³/mol. The SMILES string of the molecule is COP(OC)OC(=O)C1CC2C=CC1C2. The van der Waals surface area contributed by atoms with Crippen LogP contribution in [0.3, 0.4) is 0 Å². The summed E-state index contributed by atoms with van der Waals surface area (Å²) in [5.41, 5.74) is 0. The molecule has 0 radical (unpaired) electrons. The van der Waals surface area contributed by atoms with Gasteiger partial charge in [-0.2, -0.15) is 0 Å². The van der Waals surface area contributed by atoms with Crippen molar-refractivity contribution in [2.75, 3.05) is 14.2 Å². The molecule has 4 nitrogen and oxygen atoms in total. The van der Waals surface area contributed by atoms with Crippen molar-refractivity contribution >= 4 is 14.6 Å². The molecule has 2 aliphatic carbocycles. The Hall–Kier alpha value is -0.440. The van der Waals surface area contributed by atoms with Crippen molar-refractivity contribution in [2.24, 2.45) is 17.8 Å². The van der Waals surface area contributed by atoms with Gasteiger partial charge in [-0.1, -0.05) is 12.2 Å². The molecule has 3 unspecified atom stereocenters. The standard InChI is InChI=1S/C10H15O4P/c1-12-15(13-2)14-10(11)9-6-7-3-4-8(9)5-7/h3-4,7-9H,5-6H2,1-2H3. The van der Waals surface area contributed by atoms with E-state index in [1.54, 1.807) is 0 Å². The largest absolute Gasteiger partial charge is 0.398 e. The van der Waals surface area contributed by atoms with Crippen molar-refractivity contribution in [1.29, 1.82) is 0 Å². The summed E-state index contributed by atoms with van der Waals surface area (Å²) in [4.78, 5) is 11.8. The van der Waals surface area contributed by atoms with Crippen LogP contribution in [-0.4, -0.2) is 20.2 Å². The molecule has 0 N–H and O–H groups in total. The topological polar surface area (TPSA) is 44.8 Å². The first-order valence-corrected chi connectivity index (χ1v) is 6.12. The molecule has 84 valence electrons. The lowest BCUT2D eigenvalue weighted by Crippen LogP contribution is -2.20. The molecule has 0 aromatic rings. The smallest absolute Gasteiger partial charge is 0.394 e. The van der Waals surface area contributed by atoms with Crippen LogP contribution in [0.4, 0.5) is 0 Å². The van der Waals surface area contributed by atoms with Crippen LogP contribution in [0, 0.1) is 17.8 Å². The van der Waals surface area contributed by atoms with E-state index in [1.165, 1.54) is 14.2 Å². The van der Waals surface area contributed by atoms with E-state index in [-0.39, 0.29) is 11.9 Å². The van der Waals surface area contributed by atoms with E-state index in [1.807, 2.05) is 0 Å². The van der Waals surface area contributed by atoms with Gasteiger partial charge >= 0.3 is 14.6 Å². The van der Waals surface area contributed by atoms with Crippen LogP contribution in [0.25, 0.3) is 0 Å². The number of fused-ring (bicyclic) bond motifs is 2. The van der Waals surface area contributed by atoms with E-state index in [0.717, 1.165) is 12.8 Å². The number of carbonyl (C=O) groups is 1. The molecule has 0 heterocycles. The Bertz CT molecular complexity index is 275. The van der Waals surface area contributed by atoms with Crippen LogP contribution in [0.15, 0.2) is 12.2 Å². The third-order valence-corrected chi connectivity index (χ3v) is 3.97. The van der Waals surface area contributed by atoms with Gasteiger partial charge in [0.1, 0.15) is 0 Å². The van der Waals surface area contributed by atoms with Gasteiger partial charge in [0.25, 0.3) is 0 Å². The van der Waals surface area contributed by atoms with Gasteiger partial charge < -0.3 is 13.6 Å². The molecule has 0 aromatic carbocycles. The molecule has 1 saturated carbocycles. The monoisotopic (exact) mass is 230 g/mol. The number of rotatable bonds is 4. The molecule has 0 saturated heterocycles. The van der Waals surface area contributed by atoms with Gasteiger partial charge in [-0.05, 0) is 24.7 Å². The van der Waals surface area contributed by atoms with E-state index in [0.29, 0.717) is 11.8 Å². The fourth-order valence-electron chi connectivity index (χ4n) is 2.34. The van der Waals surface area contributed by atoms with Gasteiger partial charge in [0.05, 0.1) is 5.92 Å². The molecular formula is C10H15O4P. The zero-order valence-corrected chi connectivity index (χ0v) is 9.78. The molecule has 2 rings (SSSR count). The Balaban J connectivity index is 1.89. The second-order valence-electron chi connectivity index (χ2n) is 3.89. The second kappa shape index (κ2) is 4.60. The summed E-state index contributed by atoms with van der Waals surface area (Å²) in [5, 5.41) is 0. The second-order valence-corrected chi connectivity index (χ2v) is 5.25. The van der Waals surface area contributed by atoms with Crippen molar-refractivity contribution in [1.82, 2.24) is 0 Å². The van der Waals surface area contributed by atoms with Gasteiger partial charge in [-0.15, -0.1) is 0 Å². The number of carbonyl (C=O) groups excluding carboxylic acids is 1. The van der Waals surface area contributed by atoms with Crippen molar-refractivity contribution in [3.05, 3.63) is 12.2 Å². The van der Waals surface area contributed by atoms with Gasteiger partial charge in [0.2, 0.25) is 0 Å². The average molecular weight is 230 g/mol. The lowest BCUT2D eigenvalue weighted by molar-refractivity contribution is -0.140. The first-order valence-electron chi connectivity index (χ1n) is 5.03. The van der Waals surface area contributed by atoms with Crippen molar-refractivity contribution in [2.45, 2.75) is 12.8 Å². The molecule has 15 heavy (non-hydrogen) atoms. The van der Waals surface area contributed by atoms with Gasteiger partial charge in [-0.25, -0.2) is 0 Å². The molecule has 2 aliphatic rings. The lowest BCUT2D eigenvalue weighted by atomic mass is 9.94. The van der Waals surface area contributed by atoms with Crippen molar-refractivity contribution in [3.8, 4) is 0 Å². The quantitative estimate of drug-likeness (QED) is 0.549. The summed E-state index contributed by atoms with van der Waals surface area (Å²) in [6.07, 6.45) is 6.33. The molecule has 0 aromatic heterocycles. The Morgan fingerprint density at radius 3 is 2.47 bits per heavy atom. The zero-order valence-electron chi connectivity index (χ0n) is 8.88. The van der Waals surface area contributed by atoms with Gasteiger partial charge in [0.15, 0.2) is 0 Å². The van der Waals surface area contributed by atoms with Gasteiger partial charge in [-0.3, -0.25) is 4.79 Å². The number of hydrogen-bond donors (Lipinski definition) is 0. The molecule has 0 amide bonds. The summed E-state index contributed by atoms with van der Waals surface area (Å²) in [5.74, 6) is 0.772. The average Bonchev–Trinajstić information content (AvgIpc) is 2.87. The van der Waals surface area contributed by atoms with Gasteiger partial charge in [0, 0.05) is 14.2 Å². The fraction of sp³-hybridized carbons (Fsp3) is 0.700. The third kappa shape index (κ3) is 2.22. The van der Waals surface area contributed by atoms with Crippen LogP contribution in [0.5, 0.6) is 0 Å². The molecule has 2 bridgehead atoms. The summed E-state index contributed by atoms with van der Waals surface area (Å²) in [6, 6.07) is 0. The zero-order chi connectivity index (χ0) is 10.8. The Morgan fingerprint density at radius 2 is 2.00 bits per heavy atom. The highest BCUT2D eigenvalue weighted by atomic mass is 31.2. The molecule has 1 fully saturated rings. The Kier molecular flexibility index (Phi) is 3.39. The highest BCUT2D eigenvalue weighted by Gasteiger charge is 2.41. The minimum atomic E-state index is -1.49. The number of hydrogen-bond acceptors (Lipinski definition) is 4. The van der Waals surface area contributed by atoms with Crippen LogP contribution in [0.1, 0.15) is 12.8 Å². The highest BCUT2D eigenvalue weighted by molar-refractivity contribution is 7.42. The van der Waals surface area contributed by atoms with E-state index in [4.69, 9.17) is 13.6 Å². The fourth-order valence-corrected chi connectivity index (χ4v) is 2.92. The molecular weight excluding hydrogens is 215 g/mol. The summed E-state index contributed by atoms with van der Waals surface area (Å²) < 4.78 is 14.9. The van der Waals surface area contributed by atoms with E-state index >= 15 is 0 Å². The van der Waals surface area contributed by atoms with E-state index in [2.05, 4.69) is 12.2 Å². The molecule has 5 heteroatoms. The Morgan fingerprint density at radius 1 is 1.27 bits per heavy atom. The van der Waals surface area contributed by atoms with Crippen LogP contribution in [0.2, 0.25) is 0 Å². The highest BCUT2D eigenvalue weighted by Crippen LogP contribution is 2.46. The van der Waals surface area contributed by atoms with Crippen LogP contribution < -0.4 is 0 Å². The van der Waals surface area contributed by atoms with Crippen LogP contribution >= 0.6 is 8.60 Å². The third-order valence-electron chi connectivity index (χ3n) is 3.04. The summed E-state index contributed by atoms with van der Waals surface area (Å²) in [6.45, 7) is 0. The minimum Gasteiger partial charge on any atom is -0.394 e. The maximum absolute atomic E-state index is 11.8. The Labute approximate surface area is 90.6 Å². The maximum Gasteiger partial charge on any atom is 0.398 e. The summed E-state index contributed by atoms with van der Waals surface area (Å²) >= 11 is 0. The van der Waals surface area contributed by atoms with Crippen molar-refractivity contribution in [3.63, 3.8) is 0 Å². The summed E-state index contributed by atoms with van der Waals surface area (Å²) in [7, 11) is 1.46. The van der Waals surface area contributed by atoms with E-state index in [9.17, 15) is 4.79 Å². The van der Waals surface area contributed by atoms with Crippen molar-refractivity contribution < 1.29 is 18.4 Å². The molecule has 3 atom stereocenters. The first-order chi connectivity index (χ1) is 7.24. The predicted octanol–water partition coefficient (Wildman–Crippen LogP) is 2.26. The lowest BCUT2D eigenvalue weighted by Gasteiger charge is -2.18. The minimum absolute atomic E-state index is 0.00954. The van der Waals surface area contributed by atoms with E-state index < -0.39 is 8.60 Å².